The first-order valence-corrected chi connectivity index (χ1v) is 5.74. The van der Waals surface area contributed by atoms with E-state index in [1.165, 1.54) is 11.8 Å². The van der Waals surface area contributed by atoms with Gasteiger partial charge in [-0.1, -0.05) is 11.6 Å². The molecule has 18 heavy (non-hydrogen) atoms. The van der Waals surface area contributed by atoms with Crippen molar-refractivity contribution in [2.75, 3.05) is 16.8 Å². The Bertz CT molecular complexity index is 542. The molecular weight excluding hydrogens is 256 g/mol. The minimum absolute atomic E-state index is 0.0196. The van der Waals surface area contributed by atoms with Gasteiger partial charge < -0.3 is 10.2 Å². The van der Waals surface area contributed by atoms with E-state index in [2.05, 4.69) is 5.32 Å². The summed E-state index contributed by atoms with van der Waals surface area (Å²) in [5.41, 5.74) is 0.920. The Kier molecular flexibility index (Phi) is 3.34. The van der Waals surface area contributed by atoms with Crippen LogP contribution in [0.3, 0.4) is 0 Å². The van der Waals surface area contributed by atoms with Gasteiger partial charge in [-0.05, 0) is 18.2 Å². The van der Waals surface area contributed by atoms with E-state index >= 15 is 0 Å². The van der Waals surface area contributed by atoms with E-state index in [4.69, 9.17) is 11.6 Å². The lowest BCUT2D eigenvalue weighted by atomic mass is 10.2. The molecule has 1 saturated heterocycles. The first kappa shape index (κ1) is 12.6. The third kappa shape index (κ3) is 2.51. The Labute approximate surface area is 109 Å². The fraction of sp³-hybridized carbons (Fsp3) is 0.250. The number of nitrogens with zero attached hydrogens (tertiary/aromatic N) is 1. The lowest BCUT2D eigenvalue weighted by Crippen LogP contribution is -2.26. The molecule has 94 valence electrons. The molecule has 0 bridgehead atoms. The Morgan fingerprint density at radius 1 is 1.39 bits per heavy atom. The fourth-order valence-electron chi connectivity index (χ4n) is 1.83. The van der Waals surface area contributed by atoms with Crippen LogP contribution in [0.2, 0.25) is 5.02 Å². The van der Waals surface area contributed by atoms with Crippen LogP contribution in [0.4, 0.5) is 11.4 Å². The van der Waals surface area contributed by atoms with Crippen LogP contribution in [0.25, 0.3) is 0 Å². The van der Waals surface area contributed by atoms with Crippen LogP contribution in [0.5, 0.6) is 0 Å². The van der Waals surface area contributed by atoms with Crippen molar-refractivity contribution in [2.45, 2.75) is 13.3 Å². The minimum Gasteiger partial charge on any atom is -0.325 e. The number of carbonyl (C=O) groups excluding carboxylic acids is 3. The maximum absolute atomic E-state index is 11.7. The van der Waals surface area contributed by atoms with Crippen molar-refractivity contribution in [2.24, 2.45) is 0 Å². The maximum Gasteiger partial charge on any atom is 0.234 e. The quantitative estimate of drug-likeness (QED) is 0.827. The van der Waals surface area contributed by atoms with Crippen LogP contribution in [-0.2, 0) is 14.4 Å². The fourth-order valence-corrected chi connectivity index (χ4v) is 1.99. The van der Waals surface area contributed by atoms with Crippen molar-refractivity contribution >= 4 is 40.6 Å². The van der Waals surface area contributed by atoms with Crippen LogP contribution >= 0.6 is 11.6 Å². The van der Waals surface area contributed by atoms with Crippen molar-refractivity contribution in [1.82, 2.24) is 0 Å². The molecule has 2 amide bonds. The average molecular weight is 267 g/mol. The molecule has 0 radical (unpaired) electrons. The number of rotatable bonds is 2. The second-order valence-corrected chi connectivity index (χ2v) is 4.47. The highest BCUT2D eigenvalue weighted by Crippen LogP contribution is 2.31. The maximum atomic E-state index is 11.7. The van der Waals surface area contributed by atoms with E-state index in [1.807, 2.05) is 0 Å². The highest BCUT2D eigenvalue weighted by Gasteiger charge is 2.30. The first-order valence-electron chi connectivity index (χ1n) is 5.36. The molecule has 1 aromatic rings. The van der Waals surface area contributed by atoms with Gasteiger partial charge in [-0.15, -0.1) is 0 Å². The molecule has 0 unspecified atom stereocenters. The van der Waals surface area contributed by atoms with Crippen molar-refractivity contribution < 1.29 is 14.4 Å². The number of Topliss-reactive ketones (excluding diaryl/α,β-unsaturated/α-hetero) is 1. The molecule has 0 aromatic heterocycles. The smallest absolute Gasteiger partial charge is 0.234 e. The second kappa shape index (κ2) is 4.78. The van der Waals surface area contributed by atoms with E-state index in [-0.39, 0.29) is 30.6 Å². The summed E-state index contributed by atoms with van der Waals surface area (Å²) in [6, 6.07) is 4.77. The van der Waals surface area contributed by atoms with Gasteiger partial charge in [-0.2, -0.15) is 0 Å². The minimum atomic E-state index is -0.283. The summed E-state index contributed by atoms with van der Waals surface area (Å²) >= 11 is 5.88. The van der Waals surface area contributed by atoms with Crippen LogP contribution in [0, 0.1) is 0 Å². The van der Waals surface area contributed by atoms with Crippen LogP contribution in [0.1, 0.15) is 13.3 Å². The molecule has 1 aliphatic rings. The SMILES string of the molecule is CC(=O)Nc1ccc(Cl)cc1N1CC(=O)CC1=O. The van der Waals surface area contributed by atoms with Gasteiger partial charge in [0.25, 0.3) is 0 Å². The Balaban J connectivity index is 2.41. The molecule has 1 N–H and O–H groups in total. The van der Waals surface area contributed by atoms with Gasteiger partial charge in [-0.25, -0.2) is 0 Å². The number of nitrogens with one attached hydrogen (secondary N) is 1. The van der Waals surface area contributed by atoms with Gasteiger partial charge >= 0.3 is 0 Å². The highest BCUT2D eigenvalue weighted by atomic mass is 35.5. The van der Waals surface area contributed by atoms with Gasteiger partial charge in [0, 0.05) is 11.9 Å². The zero-order valence-corrected chi connectivity index (χ0v) is 10.5. The normalized spacial score (nSPS) is 15.1. The lowest BCUT2D eigenvalue weighted by molar-refractivity contribution is -0.121. The third-order valence-electron chi connectivity index (χ3n) is 2.55. The van der Waals surface area contributed by atoms with E-state index in [0.717, 1.165) is 0 Å². The summed E-state index contributed by atoms with van der Waals surface area (Å²) in [6.07, 6.45) is -0.105. The Morgan fingerprint density at radius 3 is 2.67 bits per heavy atom. The monoisotopic (exact) mass is 266 g/mol. The average Bonchev–Trinajstić information content (AvgIpc) is 2.60. The number of ketones is 1. The summed E-state index contributed by atoms with van der Waals surface area (Å²) in [5, 5.41) is 3.05. The van der Waals surface area contributed by atoms with Gasteiger partial charge in [0.2, 0.25) is 11.8 Å². The molecule has 2 rings (SSSR count). The number of hydrogen-bond donors (Lipinski definition) is 1. The summed E-state index contributed by atoms with van der Waals surface area (Å²) in [4.78, 5) is 35.4. The lowest BCUT2D eigenvalue weighted by Gasteiger charge is -2.19. The van der Waals surface area contributed by atoms with Crippen molar-refractivity contribution in [3.63, 3.8) is 0 Å². The van der Waals surface area contributed by atoms with Gasteiger partial charge in [0.15, 0.2) is 5.78 Å². The van der Waals surface area contributed by atoms with E-state index in [0.29, 0.717) is 16.4 Å². The number of amides is 2. The van der Waals surface area contributed by atoms with Gasteiger partial charge in [0.1, 0.15) is 0 Å². The zero-order chi connectivity index (χ0) is 13.3. The standard InChI is InChI=1S/C12H11ClN2O3/c1-7(16)14-10-3-2-8(13)4-11(10)15-6-9(17)5-12(15)18/h2-4H,5-6H2,1H3,(H,14,16). The van der Waals surface area contributed by atoms with E-state index in [9.17, 15) is 14.4 Å². The van der Waals surface area contributed by atoms with Crippen LogP contribution < -0.4 is 10.2 Å². The van der Waals surface area contributed by atoms with Gasteiger partial charge in [-0.3, -0.25) is 14.4 Å². The first-order chi connectivity index (χ1) is 8.47. The number of halogens is 1. The molecule has 1 heterocycles. The third-order valence-corrected chi connectivity index (χ3v) is 2.78. The highest BCUT2D eigenvalue weighted by molar-refractivity contribution is 6.31. The van der Waals surface area contributed by atoms with Crippen LogP contribution in [0.15, 0.2) is 18.2 Å². The molecule has 1 fully saturated rings. The van der Waals surface area contributed by atoms with Crippen molar-refractivity contribution in [3.8, 4) is 0 Å². The Morgan fingerprint density at radius 2 is 2.11 bits per heavy atom. The summed E-state index contributed by atoms with van der Waals surface area (Å²) in [6.45, 7) is 1.39. The number of carbonyl (C=O) groups is 3. The summed E-state index contributed by atoms with van der Waals surface area (Å²) in [7, 11) is 0. The van der Waals surface area contributed by atoms with Crippen molar-refractivity contribution in [3.05, 3.63) is 23.2 Å². The second-order valence-electron chi connectivity index (χ2n) is 4.04. The van der Waals surface area contributed by atoms with Crippen LogP contribution in [-0.4, -0.2) is 24.1 Å². The largest absolute Gasteiger partial charge is 0.325 e. The summed E-state index contributed by atoms with van der Waals surface area (Å²) < 4.78 is 0. The predicted molar refractivity (Wildman–Crippen MR) is 67.7 cm³/mol. The Hall–Kier alpha value is -1.88. The van der Waals surface area contributed by atoms with E-state index < -0.39 is 0 Å². The molecular formula is C12H11ClN2O3. The molecule has 1 aromatic carbocycles. The predicted octanol–water partition coefficient (Wildman–Crippen LogP) is 1.60. The van der Waals surface area contributed by atoms with Gasteiger partial charge in [0.05, 0.1) is 24.3 Å². The molecule has 6 heteroatoms. The number of hydrogen-bond acceptors (Lipinski definition) is 3. The topological polar surface area (TPSA) is 66.5 Å². The summed E-state index contributed by atoms with van der Waals surface area (Å²) in [5.74, 6) is -0.681. The molecule has 0 saturated carbocycles. The molecule has 5 nitrogen and oxygen atoms in total. The van der Waals surface area contributed by atoms with E-state index in [1.54, 1.807) is 18.2 Å². The number of anilines is 2. The molecule has 1 aliphatic heterocycles. The molecule has 0 spiro atoms. The molecule has 0 atom stereocenters. The zero-order valence-electron chi connectivity index (χ0n) is 9.70. The number of benzene rings is 1. The van der Waals surface area contributed by atoms with Crippen molar-refractivity contribution in [1.29, 1.82) is 0 Å². The molecule has 0 aliphatic carbocycles.